The molecule has 0 fully saturated rings. The molecule has 1 aromatic heterocycles. The number of carbonyl (C=O) groups is 1. The summed E-state index contributed by atoms with van der Waals surface area (Å²) in [6.07, 6.45) is 1.76. The lowest BCUT2D eigenvalue weighted by atomic mass is 9.93. The quantitative estimate of drug-likeness (QED) is 0.406. The topological polar surface area (TPSA) is 91.6 Å². The Balaban J connectivity index is 2.04. The monoisotopic (exact) mass is 551 g/mol. The molecule has 0 aliphatic carbocycles. The zero-order chi connectivity index (χ0) is 28.3. The maximum Gasteiger partial charge on any atom is 0.271 e. The molecular weight excluding hydrogens is 518 g/mol. The predicted molar refractivity (Wildman–Crippen MR) is 151 cm³/mol. The van der Waals surface area contributed by atoms with Gasteiger partial charge in [-0.15, -0.1) is 0 Å². The van der Waals surface area contributed by atoms with Crippen molar-refractivity contribution in [3.63, 3.8) is 0 Å². The van der Waals surface area contributed by atoms with E-state index < -0.39 is 6.04 Å². The Morgan fingerprint density at radius 1 is 1.03 bits per heavy atom. The largest absolute Gasteiger partial charge is 0.497 e. The van der Waals surface area contributed by atoms with Crippen LogP contribution in [0.1, 0.15) is 37.9 Å². The molecule has 0 radical (unpaired) electrons. The van der Waals surface area contributed by atoms with E-state index in [-0.39, 0.29) is 11.5 Å². The fourth-order valence-corrected chi connectivity index (χ4v) is 5.83. The van der Waals surface area contributed by atoms with Crippen LogP contribution in [0.5, 0.6) is 23.0 Å². The summed E-state index contributed by atoms with van der Waals surface area (Å²) < 4.78 is 24.2. The summed E-state index contributed by atoms with van der Waals surface area (Å²) in [4.78, 5) is 34.9. The Hall–Kier alpha value is -4.05. The van der Waals surface area contributed by atoms with Crippen LogP contribution in [-0.4, -0.2) is 56.9 Å². The van der Waals surface area contributed by atoms with E-state index in [4.69, 9.17) is 23.9 Å². The summed E-state index contributed by atoms with van der Waals surface area (Å²) in [6.45, 7) is 6.70. The highest BCUT2D eigenvalue weighted by Crippen LogP contribution is 2.38. The third-order valence-corrected chi connectivity index (χ3v) is 7.74. The molecule has 1 aliphatic rings. The van der Waals surface area contributed by atoms with Gasteiger partial charge in [0.2, 0.25) is 0 Å². The molecule has 0 bridgehead atoms. The van der Waals surface area contributed by atoms with E-state index in [1.54, 1.807) is 75.2 Å². The van der Waals surface area contributed by atoms with E-state index in [1.807, 2.05) is 26.0 Å². The van der Waals surface area contributed by atoms with Gasteiger partial charge >= 0.3 is 0 Å². The minimum Gasteiger partial charge on any atom is -0.497 e. The number of nitrogens with zero attached hydrogens (tertiary/aromatic N) is 3. The van der Waals surface area contributed by atoms with Crippen molar-refractivity contribution in [2.24, 2.45) is 4.99 Å². The zero-order valence-corrected chi connectivity index (χ0v) is 24.0. The molecule has 9 nitrogen and oxygen atoms in total. The number of thiazole rings is 1. The first-order valence-corrected chi connectivity index (χ1v) is 13.4. The number of likely N-dealkylation sites (N-methyl/N-ethyl adjacent to an activating group) is 1. The molecule has 0 saturated carbocycles. The van der Waals surface area contributed by atoms with Crippen LogP contribution in [-0.2, 0) is 4.79 Å². The molecule has 1 aliphatic heterocycles. The van der Waals surface area contributed by atoms with Gasteiger partial charge in [-0.1, -0.05) is 23.5 Å². The Kier molecular flexibility index (Phi) is 8.44. The third kappa shape index (κ3) is 5.04. The summed E-state index contributed by atoms with van der Waals surface area (Å²) in [5.74, 6) is 2.01. The molecule has 0 spiro atoms. The van der Waals surface area contributed by atoms with Crippen LogP contribution < -0.4 is 33.8 Å². The second-order valence-corrected chi connectivity index (χ2v) is 9.76. The van der Waals surface area contributed by atoms with Crippen LogP contribution in [0, 0.1) is 0 Å². The third-order valence-electron chi connectivity index (χ3n) is 6.75. The molecular formula is C29H33N3O6S. The van der Waals surface area contributed by atoms with Gasteiger partial charge in [0.15, 0.2) is 16.3 Å². The molecule has 2 heterocycles. The van der Waals surface area contributed by atoms with Crippen molar-refractivity contribution in [3.8, 4) is 23.0 Å². The average molecular weight is 552 g/mol. The van der Waals surface area contributed by atoms with Gasteiger partial charge in [-0.3, -0.25) is 14.2 Å². The number of para-hydroxylation sites is 1. The second kappa shape index (κ2) is 11.8. The molecule has 10 heteroatoms. The average Bonchev–Trinajstić information content (AvgIpc) is 3.26. The minimum atomic E-state index is -0.770. The molecule has 206 valence electrons. The molecule has 0 N–H and O–H groups in total. The van der Waals surface area contributed by atoms with Gasteiger partial charge in [0.05, 0.1) is 44.2 Å². The number of amides is 1. The van der Waals surface area contributed by atoms with Crippen LogP contribution >= 0.6 is 11.3 Å². The summed E-state index contributed by atoms with van der Waals surface area (Å²) >= 11 is 1.25. The molecule has 1 amide bonds. The minimum absolute atomic E-state index is 0.181. The highest BCUT2D eigenvalue weighted by Gasteiger charge is 2.36. The Labute approximate surface area is 231 Å². The fraction of sp³-hybridized carbons (Fsp3) is 0.345. The lowest BCUT2D eigenvalue weighted by Crippen LogP contribution is -2.43. The number of aromatic nitrogens is 1. The number of benzene rings is 2. The number of rotatable bonds is 9. The molecule has 1 atom stereocenters. The standard InChI is InChI=1S/C29H33N3O6S/c1-8-31(9-2)28(34)24-17(3)30-29-32(25(24)20-16-19(35-4)13-14-21(20)36-5)27(33)23(39-29)15-18-11-10-12-22(37-6)26(18)38-7/h10-16,25H,8-9H2,1-7H3/b23-15+/t25-/m0/s1. The van der Waals surface area contributed by atoms with Gasteiger partial charge in [-0.05, 0) is 51.1 Å². The first-order chi connectivity index (χ1) is 18.8. The zero-order valence-electron chi connectivity index (χ0n) is 23.2. The van der Waals surface area contributed by atoms with Crippen LogP contribution in [0.2, 0.25) is 0 Å². The van der Waals surface area contributed by atoms with E-state index >= 15 is 0 Å². The Morgan fingerprint density at radius 2 is 1.74 bits per heavy atom. The lowest BCUT2D eigenvalue weighted by molar-refractivity contribution is -0.127. The van der Waals surface area contributed by atoms with E-state index in [9.17, 15) is 9.59 Å². The Morgan fingerprint density at radius 3 is 2.36 bits per heavy atom. The van der Waals surface area contributed by atoms with E-state index in [1.165, 1.54) is 11.3 Å². The number of hydrogen-bond donors (Lipinski definition) is 0. The number of methoxy groups -OCH3 is 4. The molecule has 4 rings (SSSR count). The number of allylic oxidation sites excluding steroid dienone is 1. The first-order valence-electron chi connectivity index (χ1n) is 12.6. The van der Waals surface area contributed by atoms with Crippen molar-refractivity contribution < 1.29 is 23.7 Å². The summed E-state index contributed by atoms with van der Waals surface area (Å²) in [5, 5.41) is 0. The highest BCUT2D eigenvalue weighted by atomic mass is 32.1. The van der Waals surface area contributed by atoms with Crippen molar-refractivity contribution >= 4 is 23.3 Å². The van der Waals surface area contributed by atoms with Crippen LogP contribution in [0.4, 0.5) is 0 Å². The van der Waals surface area contributed by atoms with Gasteiger partial charge in [0.1, 0.15) is 17.5 Å². The normalized spacial score (nSPS) is 14.9. The predicted octanol–water partition coefficient (Wildman–Crippen LogP) is 3.14. The number of carbonyl (C=O) groups excluding carboxylic acids is 1. The van der Waals surface area contributed by atoms with Gasteiger partial charge in [0, 0.05) is 24.2 Å². The second-order valence-electron chi connectivity index (χ2n) is 8.75. The van der Waals surface area contributed by atoms with E-state index in [0.29, 0.717) is 67.8 Å². The maximum absolute atomic E-state index is 14.1. The molecule has 2 aromatic carbocycles. The van der Waals surface area contributed by atoms with Crippen LogP contribution in [0.3, 0.4) is 0 Å². The van der Waals surface area contributed by atoms with Crippen molar-refractivity contribution in [3.05, 3.63) is 78.5 Å². The Bertz CT molecular complexity index is 1600. The SMILES string of the molecule is CCN(CC)C(=O)C1=C(C)N=c2s/c(=C/c3cccc(OC)c3OC)c(=O)n2[C@H]1c1cc(OC)ccc1OC. The van der Waals surface area contributed by atoms with Gasteiger partial charge in [-0.2, -0.15) is 0 Å². The lowest BCUT2D eigenvalue weighted by Gasteiger charge is -2.30. The smallest absolute Gasteiger partial charge is 0.271 e. The number of fused-ring (bicyclic) bond motifs is 1. The van der Waals surface area contributed by atoms with Crippen molar-refractivity contribution in [1.29, 1.82) is 0 Å². The van der Waals surface area contributed by atoms with Crippen LogP contribution in [0.25, 0.3) is 6.08 Å². The molecule has 3 aromatic rings. The van der Waals surface area contributed by atoms with Crippen molar-refractivity contribution in [2.45, 2.75) is 26.8 Å². The van der Waals surface area contributed by atoms with E-state index in [2.05, 4.69) is 0 Å². The first kappa shape index (κ1) is 28.0. The van der Waals surface area contributed by atoms with Gasteiger partial charge in [0.25, 0.3) is 11.5 Å². The maximum atomic E-state index is 14.1. The number of hydrogen-bond acceptors (Lipinski definition) is 8. The van der Waals surface area contributed by atoms with Crippen molar-refractivity contribution in [2.75, 3.05) is 41.5 Å². The van der Waals surface area contributed by atoms with E-state index in [0.717, 1.165) is 0 Å². The summed E-state index contributed by atoms with van der Waals surface area (Å²) in [7, 11) is 6.25. The molecule has 0 saturated heterocycles. The van der Waals surface area contributed by atoms with Gasteiger partial charge in [-0.25, -0.2) is 4.99 Å². The van der Waals surface area contributed by atoms with Gasteiger partial charge < -0.3 is 23.8 Å². The van der Waals surface area contributed by atoms with Crippen LogP contribution in [0.15, 0.2) is 57.5 Å². The molecule has 0 unspecified atom stereocenters. The molecule has 39 heavy (non-hydrogen) atoms. The van der Waals surface area contributed by atoms with Crippen molar-refractivity contribution in [1.82, 2.24) is 9.47 Å². The number of ether oxygens (including phenoxy) is 4. The summed E-state index contributed by atoms with van der Waals surface area (Å²) in [6, 6.07) is 10.1. The highest BCUT2D eigenvalue weighted by molar-refractivity contribution is 7.07. The summed E-state index contributed by atoms with van der Waals surface area (Å²) in [5.41, 5.74) is 2.01. The fourth-order valence-electron chi connectivity index (χ4n) is 4.79.